The highest BCUT2D eigenvalue weighted by atomic mass is 19.4. The van der Waals surface area contributed by atoms with Crippen LogP contribution in [-0.2, 0) is 22.3 Å². The quantitative estimate of drug-likeness (QED) is 0.802. The summed E-state index contributed by atoms with van der Waals surface area (Å²) < 4.78 is 41.7. The van der Waals surface area contributed by atoms with Gasteiger partial charge in [-0.05, 0) is 24.9 Å². The van der Waals surface area contributed by atoms with Gasteiger partial charge in [-0.1, -0.05) is 26.8 Å². The van der Waals surface area contributed by atoms with Gasteiger partial charge in [0.2, 0.25) is 0 Å². The van der Waals surface area contributed by atoms with Crippen molar-refractivity contribution < 1.29 is 22.7 Å². The van der Waals surface area contributed by atoms with Gasteiger partial charge in [-0.3, -0.25) is 0 Å². The van der Waals surface area contributed by atoms with E-state index in [0.717, 1.165) is 25.3 Å². The largest absolute Gasteiger partial charge is 0.433 e. The zero-order chi connectivity index (χ0) is 19.5. The maximum atomic E-state index is 12.3. The van der Waals surface area contributed by atoms with Gasteiger partial charge in [-0.25, -0.2) is 4.98 Å². The summed E-state index contributed by atoms with van der Waals surface area (Å²) in [5.74, 6) is 0.872. The fourth-order valence-corrected chi connectivity index (χ4v) is 2.19. The molecule has 0 aromatic carbocycles. The van der Waals surface area contributed by atoms with E-state index in [2.05, 4.69) is 22.5 Å². The number of halogens is 3. The standard InChI is InChI=1S/C9H11F3N2O.C6H11NO.C2H6/c1-13-8-6(5-15-2)3-4-7(14-8)9(10,11)12;1-5-2-6(4-8)7-3-5;1-2/h3-4H,5H2,1-2H3,(H,13,14);4-7H,2-3H2,1H3;1-2H3. The normalized spacial score (nSPS) is 19.2. The number of aldehydes is 1. The molecule has 1 aromatic heterocycles. The molecule has 2 N–H and O–H groups in total. The average Bonchev–Trinajstić information content (AvgIpc) is 3.02. The first kappa shape index (κ1) is 23.3. The van der Waals surface area contributed by atoms with E-state index < -0.39 is 11.9 Å². The number of anilines is 1. The zero-order valence-corrected chi connectivity index (χ0v) is 15.4. The Morgan fingerprint density at radius 1 is 1.40 bits per heavy atom. The van der Waals surface area contributed by atoms with Crippen LogP contribution in [0.15, 0.2) is 12.1 Å². The molecule has 2 heterocycles. The number of rotatable bonds is 4. The molecule has 1 aliphatic heterocycles. The minimum absolute atomic E-state index is 0.144. The fraction of sp³-hybridized carbons (Fsp3) is 0.647. The predicted molar refractivity (Wildman–Crippen MR) is 92.5 cm³/mol. The molecule has 144 valence electrons. The molecule has 2 unspecified atom stereocenters. The highest BCUT2D eigenvalue weighted by Crippen LogP contribution is 2.29. The van der Waals surface area contributed by atoms with Crippen molar-refractivity contribution in [1.82, 2.24) is 10.3 Å². The van der Waals surface area contributed by atoms with Crippen LogP contribution in [0.5, 0.6) is 0 Å². The minimum atomic E-state index is -4.42. The van der Waals surface area contributed by atoms with E-state index in [4.69, 9.17) is 4.74 Å². The molecule has 1 aromatic rings. The lowest BCUT2D eigenvalue weighted by Crippen LogP contribution is -2.22. The minimum Gasteiger partial charge on any atom is -0.380 e. The third kappa shape index (κ3) is 8.31. The molecule has 1 saturated heterocycles. The summed E-state index contributed by atoms with van der Waals surface area (Å²) >= 11 is 0. The third-order valence-corrected chi connectivity index (χ3v) is 3.35. The second kappa shape index (κ2) is 11.8. The summed E-state index contributed by atoms with van der Waals surface area (Å²) in [5.41, 5.74) is -0.320. The van der Waals surface area contributed by atoms with Gasteiger partial charge >= 0.3 is 6.18 Å². The average molecular weight is 363 g/mol. The first-order valence-corrected chi connectivity index (χ1v) is 8.24. The monoisotopic (exact) mass is 363 g/mol. The molecule has 0 spiro atoms. The van der Waals surface area contributed by atoms with Gasteiger partial charge in [-0.2, -0.15) is 13.2 Å². The van der Waals surface area contributed by atoms with Gasteiger partial charge in [0.25, 0.3) is 0 Å². The number of carbonyl (C=O) groups excluding carboxylic acids is 1. The number of hydrogen-bond acceptors (Lipinski definition) is 5. The van der Waals surface area contributed by atoms with Gasteiger partial charge in [0, 0.05) is 19.7 Å². The molecule has 0 radical (unpaired) electrons. The van der Waals surface area contributed by atoms with Crippen molar-refractivity contribution in [3.8, 4) is 0 Å². The first-order valence-electron chi connectivity index (χ1n) is 8.24. The van der Waals surface area contributed by atoms with Crippen LogP contribution in [0.2, 0.25) is 0 Å². The molecule has 0 saturated carbocycles. The van der Waals surface area contributed by atoms with Crippen molar-refractivity contribution in [2.75, 3.05) is 26.0 Å². The van der Waals surface area contributed by atoms with Gasteiger partial charge in [0.05, 0.1) is 12.6 Å². The van der Waals surface area contributed by atoms with Crippen molar-refractivity contribution in [3.63, 3.8) is 0 Å². The smallest absolute Gasteiger partial charge is 0.380 e. The predicted octanol–water partition coefficient (Wildman–Crippen LogP) is 3.50. The summed E-state index contributed by atoms with van der Waals surface area (Å²) in [6.07, 6.45) is -2.41. The molecule has 0 aliphatic carbocycles. The number of methoxy groups -OCH3 is 1. The maximum Gasteiger partial charge on any atom is 0.433 e. The van der Waals surface area contributed by atoms with Gasteiger partial charge in [0.1, 0.15) is 17.8 Å². The third-order valence-electron chi connectivity index (χ3n) is 3.35. The molecule has 8 heteroatoms. The van der Waals surface area contributed by atoms with Gasteiger partial charge < -0.3 is 20.2 Å². The molecule has 1 aliphatic rings. The van der Waals surface area contributed by atoms with Crippen LogP contribution >= 0.6 is 0 Å². The number of ether oxygens (including phenoxy) is 1. The van der Waals surface area contributed by atoms with E-state index in [1.807, 2.05) is 13.8 Å². The van der Waals surface area contributed by atoms with Crippen LogP contribution in [0.4, 0.5) is 19.0 Å². The molecule has 0 amide bonds. The van der Waals surface area contributed by atoms with Crippen LogP contribution in [0.3, 0.4) is 0 Å². The van der Waals surface area contributed by atoms with Gasteiger partial charge in [0.15, 0.2) is 0 Å². The summed E-state index contributed by atoms with van der Waals surface area (Å²) in [6.45, 7) is 7.38. The summed E-state index contributed by atoms with van der Waals surface area (Å²) in [5, 5.41) is 5.69. The number of pyridine rings is 1. The van der Waals surface area contributed by atoms with E-state index >= 15 is 0 Å². The maximum absolute atomic E-state index is 12.3. The molecule has 25 heavy (non-hydrogen) atoms. The lowest BCUT2D eigenvalue weighted by molar-refractivity contribution is -0.141. The molecular formula is C17H28F3N3O2. The number of nitrogens with zero attached hydrogens (tertiary/aromatic N) is 1. The molecule has 5 nitrogen and oxygen atoms in total. The van der Waals surface area contributed by atoms with E-state index in [1.54, 1.807) is 0 Å². The van der Waals surface area contributed by atoms with Crippen LogP contribution in [0.25, 0.3) is 0 Å². The van der Waals surface area contributed by atoms with Gasteiger partial charge in [-0.15, -0.1) is 0 Å². The van der Waals surface area contributed by atoms with E-state index in [1.165, 1.54) is 20.2 Å². The zero-order valence-electron chi connectivity index (χ0n) is 15.4. The summed E-state index contributed by atoms with van der Waals surface area (Å²) in [6, 6.07) is 2.44. The molecule has 2 atom stereocenters. The SMILES string of the molecule is CC.CC1CNC(C=O)C1.CNc1nc(C(F)(F)F)ccc1COC. The van der Waals surface area contributed by atoms with Crippen LogP contribution in [-0.4, -0.2) is 38.0 Å². The molecule has 0 bridgehead atoms. The Morgan fingerprint density at radius 3 is 2.40 bits per heavy atom. The number of hydrogen-bond donors (Lipinski definition) is 2. The summed E-state index contributed by atoms with van der Waals surface area (Å²) in [4.78, 5) is 13.6. The summed E-state index contributed by atoms with van der Waals surface area (Å²) in [7, 11) is 2.98. The second-order valence-electron chi connectivity index (χ2n) is 5.38. The second-order valence-corrected chi connectivity index (χ2v) is 5.38. The van der Waals surface area contributed by atoms with E-state index in [9.17, 15) is 18.0 Å². The number of aromatic nitrogens is 1. The molecular weight excluding hydrogens is 335 g/mol. The Kier molecular flexibility index (Phi) is 11.0. The van der Waals surface area contributed by atoms with Crippen molar-refractivity contribution >= 4 is 12.1 Å². The lowest BCUT2D eigenvalue weighted by Gasteiger charge is -2.11. The van der Waals surface area contributed by atoms with E-state index in [-0.39, 0.29) is 18.5 Å². The lowest BCUT2D eigenvalue weighted by atomic mass is 10.1. The number of nitrogens with one attached hydrogen (secondary N) is 2. The molecule has 1 fully saturated rings. The first-order chi connectivity index (χ1) is 11.8. The Bertz CT molecular complexity index is 510. The van der Waals surface area contributed by atoms with Crippen LogP contribution < -0.4 is 10.6 Å². The Labute approximate surface area is 147 Å². The van der Waals surface area contributed by atoms with Crippen LogP contribution in [0.1, 0.15) is 38.4 Å². The van der Waals surface area contributed by atoms with Crippen molar-refractivity contribution in [2.24, 2.45) is 5.92 Å². The van der Waals surface area contributed by atoms with Crippen LogP contribution in [0, 0.1) is 5.92 Å². The highest BCUT2D eigenvalue weighted by Gasteiger charge is 2.32. The van der Waals surface area contributed by atoms with E-state index in [0.29, 0.717) is 11.5 Å². The number of carbonyl (C=O) groups is 1. The fourth-order valence-electron chi connectivity index (χ4n) is 2.19. The van der Waals surface area contributed by atoms with Crippen molar-refractivity contribution in [2.45, 2.75) is 46.0 Å². The Balaban J connectivity index is 0.000000483. The Hall–Kier alpha value is -1.67. The van der Waals surface area contributed by atoms with Crippen molar-refractivity contribution in [3.05, 3.63) is 23.4 Å². The number of alkyl halides is 3. The van der Waals surface area contributed by atoms with Crippen molar-refractivity contribution in [1.29, 1.82) is 0 Å². The molecule has 2 rings (SSSR count). The highest BCUT2D eigenvalue weighted by molar-refractivity contribution is 5.58. The Morgan fingerprint density at radius 2 is 2.04 bits per heavy atom. The topological polar surface area (TPSA) is 63.2 Å².